The predicted molar refractivity (Wildman–Crippen MR) is 61.2 cm³/mol. The van der Waals surface area contributed by atoms with Gasteiger partial charge in [0.2, 0.25) is 0 Å². The fourth-order valence-electron chi connectivity index (χ4n) is 2.51. The standard InChI is InChI=1S/C12H19F6NO/c1-2-5-19-9(8-4-3-6-20-7-8)10(11(13,14)15)12(16,17)18/h8-10,19H,2-7H2,1H3. The first-order valence-electron chi connectivity index (χ1n) is 6.62. The Morgan fingerprint density at radius 1 is 1.15 bits per heavy atom. The van der Waals surface area contributed by atoms with Crippen molar-refractivity contribution in [3.05, 3.63) is 0 Å². The summed E-state index contributed by atoms with van der Waals surface area (Å²) >= 11 is 0. The summed E-state index contributed by atoms with van der Waals surface area (Å²) in [6.45, 7) is 2.13. The lowest BCUT2D eigenvalue weighted by Crippen LogP contribution is -2.55. The van der Waals surface area contributed by atoms with Crippen LogP contribution in [0.4, 0.5) is 26.3 Å². The maximum atomic E-state index is 12.8. The molecule has 1 N–H and O–H groups in total. The summed E-state index contributed by atoms with van der Waals surface area (Å²) in [5, 5.41) is 2.43. The molecule has 1 saturated heterocycles. The van der Waals surface area contributed by atoms with E-state index in [2.05, 4.69) is 5.32 Å². The van der Waals surface area contributed by atoms with Crippen LogP contribution in [0, 0.1) is 11.8 Å². The Morgan fingerprint density at radius 2 is 1.75 bits per heavy atom. The molecule has 1 heterocycles. The molecule has 1 fully saturated rings. The van der Waals surface area contributed by atoms with Gasteiger partial charge in [-0.2, -0.15) is 26.3 Å². The second-order valence-corrected chi connectivity index (χ2v) is 5.02. The Labute approximate surface area is 113 Å². The van der Waals surface area contributed by atoms with E-state index in [-0.39, 0.29) is 13.2 Å². The minimum absolute atomic E-state index is 0.0654. The zero-order chi connectivity index (χ0) is 15.4. The van der Waals surface area contributed by atoms with E-state index in [1.54, 1.807) is 6.92 Å². The van der Waals surface area contributed by atoms with Crippen LogP contribution in [0.3, 0.4) is 0 Å². The van der Waals surface area contributed by atoms with E-state index in [0.29, 0.717) is 25.9 Å². The number of ether oxygens (including phenoxy) is 1. The van der Waals surface area contributed by atoms with Crippen molar-refractivity contribution < 1.29 is 31.1 Å². The van der Waals surface area contributed by atoms with Crippen molar-refractivity contribution in [3.8, 4) is 0 Å². The van der Waals surface area contributed by atoms with Crippen molar-refractivity contribution in [1.82, 2.24) is 5.32 Å². The van der Waals surface area contributed by atoms with Crippen LogP contribution in [0.25, 0.3) is 0 Å². The van der Waals surface area contributed by atoms with Gasteiger partial charge in [-0.15, -0.1) is 0 Å². The fourth-order valence-corrected chi connectivity index (χ4v) is 2.51. The Kier molecular flexibility index (Phi) is 6.12. The summed E-state index contributed by atoms with van der Waals surface area (Å²) < 4.78 is 82.1. The van der Waals surface area contributed by atoms with Gasteiger partial charge in [0.05, 0.1) is 6.61 Å². The second kappa shape index (κ2) is 6.98. The van der Waals surface area contributed by atoms with Gasteiger partial charge in [-0.1, -0.05) is 6.92 Å². The SMILES string of the molecule is CCCNC(C1CCCOC1)C(C(F)(F)F)C(F)(F)F. The smallest absolute Gasteiger partial charge is 0.381 e. The van der Waals surface area contributed by atoms with Crippen molar-refractivity contribution in [3.63, 3.8) is 0 Å². The van der Waals surface area contributed by atoms with E-state index in [0.717, 1.165) is 0 Å². The molecule has 1 rings (SSSR count). The molecule has 0 amide bonds. The van der Waals surface area contributed by atoms with Gasteiger partial charge in [-0.05, 0) is 31.7 Å². The summed E-state index contributed by atoms with van der Waals surface area (Å²) in [5.41, 5.74) is 0. The zero-order valence-electron chi connectivity index (χ0n) is 11.2. The Hall–Kier alpha value is -0.500. The van der Waals surface area contributed by atoms with Crippen LogP contribution in [0.5, 0.6) is 0 Å². The van der Waals surface area contributed by atoms with Gasteiger partial charge in [0, 0.05) is 12.6 Å². The molecule has 1 aliphatic rings. The Morgan fingerprint density at radius 3 is 2.15 bits per heavy atom. The molecule has 120 valence electrons. The minimum Gasteiger partial charge on any atom is -0.381 e. The predicted octanol–water partition coefficient (Wildman–Crippen LogP) is 3.52. The van der Waals surface area contributed by atoms with Crippen LogP contribution in [0.1, 0.15) is 26.2 Å². The van der Waals surface area contributed by atoms with Crippen molar-refractivity contribution in [2.45, 2.75) is 44.6 Å². The van der Waals surface area contributed by atoms with Crippen LogP contribution in [-0.4, -0.2) is 38.2 Å². The highest BCUT2D eigenvalue weighted by atomic mass is 19.4. The number of alkyl halides is 6. The van der Waals surface area contributed by atoms with Gasteiger partial charge in [0.1, 0.15) is 0 Å². The van der Waals surface area contributed by atoms with Crippen LogP contribution >= 0.6 is 0 Å². The average molecular weight is 307 g/mol. The van der Waals surface area contributed by atoms with Gasteiger partial charge >= 0.3 is 12.4 Å². The number of nitrogens with one attached hydrogen (secondary N) is 1. The first-order chi connectivity index (χ1) is 9.18. The molecule has 0 aromatic heterocycles. The molecule has 2 unspecified atom stereocenters. The summed E-state index contributed by atoms with van der Waals surface area (Å²) in [4.78, 5) is 0. The largest absolute Gasteiger partial charge is 0.402 e. The summed E-state index contributed by atoms with van der Waals surface area (Å²) in [6.07, 6.45) is -9.38. The molecular weight excluding hydrogens is 288 g/mol. The zero-order valence-corrected chi connectivity index (χ0v) is 11.2. The van der Waals surface area contributed by atoms with Gasteiger partial charge in [-0.3, -0.25) is 0 Å². The monoisotopic (exact) mass is 307 g/mol. The highest BCUT2D eigenvalue weighted by molar-refractivity contribution is 4.92. The third kappa shape index (κ3) is 4.80. The summed E-state index contributed by atoms with van der Waals surface area (Å²) in [5.74, 6) is -4.13. The molecule has 0 spiro atoms. The number of rotatable bonds is 5. The van der Waals surface area contributed by atoms with E-state index in [1.807, 2.05) is 0 Å². The van der Waals surface area contributed by atoms with Gasteiger partial charge < -0.3 is 10.1 Å². The normalized spacial score (nSPS) is 23.1. The number of hydrogen-bond donors (Lipinski definition) is 1. The quantitative estimate of drug-likeness (QED) is 0.785. The van der Waals surface area contributed by atoms with Crippen LogP contribution in [0.15, 0.2) is 0 Å². The fraction of sp³-hybridized carbons (Fsp3) is 1.00. The van der Waals surface area contributed by atoms with Crippen molar-refractivity contribution in [2.75, 3.05) is 19.8 Å². The molecule has 0 aromatic rings. The lowest BCUT2D eigenvalue weighted by molar-refractivity contribution is -0.296. The van der Waals surface area contributed by atoms with Crippen molar-refractivity contribution in [1.29, 1.82) is 0 Å². The van der Waals surface area contributed by atoms with E-state index >= 15 is 0 Å². The van der Waals surface area contributed by atoms with Crippen LogP contribution < -0.4 is 5.32 Å². The number of halogens is 6. The van der Waals surface area contributed by atoms with Crippen LogP contribution in [-0.2, 0) is 4.74 Å². The molecule has 0 saturated carbocycles. The molecular formula is C12H19F6NO. The summed E-state index contributed by atoms with van der Waals surface area (Å²) in [7, 11) is 0. The van der Waals surface area contributed by atoms with Gasteiger partial charge in [0.15, 0.2) is 5.92 Å². The van der Waals surface area contributed by atoms with E-state index in [1.165, 1.54) is 0 Å². The second-order valence-electron chi connectivity index (χ2n) is 5.02. The first-order valence-corrected chi connectivity index (χ1v) is 6.62. The van der Waals surface area contributed by atoms with Gasteiger partial charge in [0.25, 0.3) is 0 Å². The molecule has 8 heteroatoms. The number of hydrogen-bond acceptors (Lipinski definition) is 2. The topological polar surface area (TPSA) is 21.3 Å². The molecule has 1 aliphatic heterocycles. The molecule has 20 heavy (non-hydrogen) atoms. The molecule has 0 radical (unpaired) electrons. The van der Waals surface area contributed by atoms with E-state index in [9.17, 15) is 26.3 Å². The molecule has 2 nitrogen and oxygen atoms in total. The Balaban J connectivity index is 2.97. The minimum atomic E-state index is -5.32. The maximum Gasteiger partial charge on any atom is 0.402 e. The first kappa shape index (κ1) is 17.6. The molecule has 2 atom stereocenters. The average Bonchev–Trinajstić information content (AvgIpc) is 2.32. The third-order valence-corrected chi connectivity index (χ3v) is 3.40. The molecule has 0 aromatic carbocycles. The highest BCUT2D eigenvalue weighted by Crippen LogP contribution is 2.44. The third-order valence-electron chi connectivity index (χ3n) is 3.40. The lowest BCUT2D eigenvalue weighted by atomic mass is 9.83. The molecule has 0 aliphatic carbocycles. The summed E-state index contributed by atoms with van der Waals surface area (Å²) in [6, 6.07) is -1.68. The van der Waals surface area contributed by atoms with Crippen LogP contribution in [0.2, 0.25) is 0 Å². The maximum absolute atomic E-state index is 12.8. The molecule has 0 bridgehead atoms. The van der Waals surface area contributed by atoms with E-state index < -0.39 is 30.2 Å². The van der Waals surface area contributed by atoms with Crippen molar-refractivity contribution >= 4 is 0 Å². The highest BCUT2D eigenvalue weighted by Gasteiger charge is 2.61. The van der Waals surface area contributed by atoms with E-state index in [4.69, 9.17) is 4.74 Å². The lowest BCUT2D eigenvalue weighted by Gasteiger charge is -2.38. The van der Waals surface area contributed by atoms with Gasteiger partial charge in [-0.25, -0.2) is 0 Å². The van der Waals surface area contributed by atoms with Crippen molar-refractivity contribution in [2.24, 2.45) is 11.8 Å². The Bertz CT molecular complexity index is 271.